The number of furan rings is 1. The van der Waals surface area contributed by atoms with E-state index in [-0.39, 0.29) is 23.1 Å². The third-order valence-electron chi connectivity index (χ3n) is 4.83. The molecule has 1 aromatic carbocycles. The largest absolute Gasteiger partial charge is 0.468 e. The van der Waals surface area contributed by atoms with Gasteiger partial charge in [-0.05, 0) is 48.2 Å². The molecule has 3 rings (SSSR count). The van der Waals surface area contributed by atoms with Crippen molar-refractivity contribution in [1.29, 1.82) is 0 Å². The predicted octanol–water partition coefficient (Wildman–Crippen LogP) is 4.28. The van der Waals surface area contributed by atoms with E-state index in [0.717, 1.165) is 34.0 Å². The number of anilines is 1. The fraction of sp³-hybridized carbons (Fsp3) is 0.273. The van der Waals surface area contributed by atoms with Crippen molar-refractivity contribution in [2.75, 3.05) is 11.9 Å². The Hall–Kier alpha value is -2.68. The van der Waals surface area contributed by atoms with Crippen LogP contribution in [0.5, 0.6) is 0 Å². The fourth-order valence-electron chi connectivity index (χ4n) is 3.21. The van der Waals surface area contributed by atoms with E-state index < -0.39 is 15.9 Å². The molecule has 3 aromatic rings. The average Bonchev–Trinajstić information content (AvgIpc) is 3.27. The van der Waals surface area contributed by atoms with Gasteiger partial charge < -0.3 is 9.73 Å². The summed E-state index contributed by atoms with van der Waals surface area (Å²) in [6.07, 6.45) is 4.12. The molecule has 164 valence electrons. The standard InChI is InChI=1S/C22H24ClN3O4S/c1-3-16-7-5-8-17(4-2)22(16)25-21(27)15-26(14-18-9-6-12-30-18)31(28,29)19-10-11-20(23)24-13-19/h5-13H,3-4,14-15H2,1-2H3,(H,25,27). The summed E-state index contributed by atoms with van der Waals surface area (Å²) in [6, 6.07) is 11.9. The quantitative estimate of drug-likeness (QED) is 0.480. The number of para-hydroxylation sites is 1. The Morgan fingerprint density at radius 2 is 1.81 bits per heavy atom. The lowest BCUT2D eigenvalue weighted by Gasteiger charge is -2.22. The number of rotatable bonds is 9. The van der Waals surface area contributed by atoms with E-state index in [4.69, 9.17) is 16.0 Å². The van der Waals surface area contributed by atoms with Gasteiger partial charge in [0.25, 0.3) is 0 Å². The topological polar surface area (TPSA) is 92.5 Å². The van der Waals surface area contributed by atoms with Crippen LogP contribution >= 0.6 is 11.6 Å². The van der Waals surface area contributed by atoms with Gasteiger partial charge in [0.05, 0.1) is 19.4 Å². The number of aryl methyl sites for hydroxylation is 2. The summed E-state index contributed by atoms with van der Waals surface area (Å²) < 4.78 is 32.8. The van der Waals surface area contributed by atoms with Gasteiger partial charge in [-0.25, -0.2) is 13.4 Å². The average molecular weight is 462 g/mol. The zero-order valence-corrected chi connectivity index (χ0v) is 18.9. The Labute approximate surface area is 187 Å². The highest BCUT2D eigenvalue weighted by molar-refractivity contribution is 7.89. The van der Waals surface area contributed by atoms with E-state index in [2.05, 4.69) is 10.3 Å². The normalized spacial score (nSPS) is 11.6. The Kier molecular flexibility index (Phi) is 7.48. The van der Waals surface area contributed by atoms with Crippen molar-refractivity contribution >= 4 is 33.2 Å². The summed E-state index contributed by atoms with van der Waals surface area (Å²) in [7, 11) is -4.02. The third kappa shape index (κ3) is 5.52. The van der Waals surface area contributed by atoms with E-state index >= 15 is 0 Å². The molecule has 0 aliphatic rings. The second-order valence-electron chi connectivity index (χ2n) is 6.88. The number of nitrogens with zero attached hydrogens (tertiary/aromatic N) is 2. The van der Waals surface area contributed by atoms with Crippen LogP contribution in [-0.2, 0) is 34.2 Å². The first kappa shape index (κ1) is 23.0. The molecular weight excluding hydrogens is 438 g/mol. The number of nitrogens with one attached hydrogen (secondary N) is 1. The Morgan fingerprint density at radius 3 is 2.35 bits per heavy atom. The molecule has 31 heavy (non-hydrogen) atoms. The molecule has 0 unspecified atom stereocenters. The van der Waals surface area contributed by atoms with Crippen LogP contribution in [-0.4, -0.2) is 30.2 Å². The van der Waals surface area contributed by atoms with Crippen molar-refractivity contribution in [2.45, 2.75) is 38.1 Å². The van der Waals surface area contributed by atoms with Gasteiger partial charge in [0.15, 0.2) is 0 Å². The summed E-state index contributed by atoms with van der Waals surface area (Å²) in [5, 5.41) is 3.09. The highest BCUT2D eigenvalue weighted by Gasteiger charge is 2.28. The molecule has 2 aromatic heterocycles. The number of aromatic nitrogens is 1. The van der Waals surface area contributed by atoms with E-state index in [9.17, 15) is 13.2 Å². The summed E-state index contributed by atoms with van der Waals surface area (Å²) in [5.74, 6) is -0.0193. The smallest absolute Gasteiger partial charge is 0.245 e. The molecule has 2 heterocycles. The maximum atomic E-state index is 13.2. The van der Waals surface area contributed by atoms with Gasteiger partial charge in [0, 0.05) is 11.9 Å². The van der Waals surface area contributed by atoms with Crippen LogP contribution in [0, 0.1) is 0 Å². The molecule has 0 aliphatic carbocycles. The number of hydrogen-bond donors (Lipinski definition) is 1. The van der Waals surface area contributed by atoms with Crippen molar-refractivity contribution in [3.63, 3.8) is 0 Å². The van der Waals surface area contributed by atoms with Gasteiger partial charge in [-0.2, -0.15) is 4.31 Å². The number of carbonyl (C=O) groups excluding carboxylic acids is 1. The molecule has 0 aliphatic heterocycles. The van der Waals surface area contributed by atoms with Gasteiger partial charge in [0.2, 0.25) is 15.9 Å². The molecule has 0 saturated heterocycles. The number of sulfonamides is 1. The number of carbonyl (C=O) groups is 1. The maximum Gasteiger partial charge on any atom is 0.245 e. The Balaban J connectivity index is 1.89. The van der Waals surface area contributed by atoms with Crippen LogP contribution in [0.1, 0.15) is 30.7 Å². The highest BCUT2D eigenvalue weighted by atomic mass is 35.5. The molecule has 0 atom stereocenters. The third-order valence-corrected chi connectivity index (χ3v) is 6.83. The van der Waals surface area contributed by atoms with Gasteiger partial charge in [-0.15, -0.1) is 0 Å². The first-order valence-corrected chi connectivity index (χ1v) is 11.7. The molecule has 1 amide bonds. The maximum absolute atomic E-state index is 13.2. The van der Waals surface area contributed by atoms with Crippen molar-refractivity contribution in [2.24, 2.45) is 0 Å². The second kappa shape index (κ2) is 10.1. The molecule has 0 fully saturated rings. The Morgan fingerprint density at radius 1 is 1.10 bits per heavy atom. The van der Waals surface area contributed by atoms with Crippen LogP contribution in [0.2, 0.25) is 5.15 Å². The molecule has 0 saturated carbocycles. The molecule has 1 N–H and O–H groups in total. The van der Waals surface area contributed by atoms with Crippen molar-refractivity contribution < 1.29 is 17.6 Å². The Bertz CT molecular complexity index is 1110. The van der Waals surface area contributed by atoms with Crippen LogP contribution < -0.4 is 5.32 Å². The molecule has 0 radical (unpaired) electrons. The SMILES string of the molecule is CCc1cccc(CC)c1NC(=O)CN(Cc1ccco1)S(=O)(=O)c1ccc(Cl)nc1. The molecule has 9 heteroatoms. The minimum Gasteiger partial charge on any atom is -0.468 e. The minimum atomic E-state index is -4.02. The summed E-state index contributed by atoms with van der Waals surface area (Å²) >= 11 is 5.79. The van der Waals surface area contributed by atoms with E-state index in [1.54, 1.807) is 12.1 Å². The molecule has 7 nitrogen and oxygen atoms in total. The number of hydrogen-bond acceptors (Lipinski definition) is 5. The monoisotopic (exact) mass is 461 g/mol. The fourth-order valence-corrected chi connectivity index (χ4v) is 4.63. The number of pyridine rings is 1. The predicted molar refractivity (Wildman–Crippen MR) is 119 cm³/mol. The van der Waals surface area contributed by atoms with Crippen molar-refractivity contribution in [3.8, 4) is 0 Å². The summed E-state index contributed by atoms with van der Waals surface area (Å²) in [5.41, 5.74) is 2.73. The lowest BCUT2D eigenvalue weighted by atomic mass is 10.0. The lowest BCUT2D eigenvalue weighted by molar-refractivity contribution is -0.116. The van der Waals surface area contributed by atoms with Crippen LogP contribution in [0.3, 0.4) is 0 Å². The molecular formula is C22H24ClN3O4S. The highest BCUT2D eigenvalue weighted by Crippen LogP contribution is 2.24. The molecule has 0 bridgehead atoms. The number of amides is 1. The minimum absolute atomic E-state index is 0.0561. The van der Waals surface area contributed by atoms with Gasteiger partial charge in [-0.3, -0.25) is 4.79 Å². The number of halogens is 1. The van der Waals surface area contributed by atoms with Gasteiger partial charge in [0.1, 0.15) is 15.8 Å². The van der Waals surface area contributed by atoms with E-state index in [0.29, 0.717) is 5.76 Å². The van der Waals surface area contributed by atoms with Crippen LogP contribution in [0.15, 0.2) is 64.2 Å². The van der Waals surface area contributed by atoms with Crippen molar-refractivity contribution in [3.05, 3.63) is 77.0 Å². The summed E-state index contributed by atoms with van der Waals surface area (Å²) in [6.45, 7) is 3.53. The van der Waals surface area contributed by atoms with E-state index in [1.807, 2.05) is 32.0 Å². The number of benzene rings is 1. The van der Waals surface area contributed by atoms with Crippen LogP contribution in [0.4, 0.5) is 5.69 Å². The van der Waals surface area contributed by atoms with Gasteiger partial charge in [-0.1, -0.05) is 43.6 Å². The zero-order chi connectivity index (χ0) is 22.4. The van der Waals surface area contributed by atoms with Crippen molar-refractivity contribution in [1.82, 2.24) is 9.29 Å². The second-order valence-corrected chi connectivity index (χ2v) is 9.20. The van der Waals surface area contributed by atoms with E-state index in [1.165, 1.54) is 24.6 Å². The zero-order valence-electron chi connectivity index (χ0n) is 17.3. The van der Waals surface area contributed by atoms with Crippen LogP contribution in [0.25, 0.3) is 0 Å². The lowest BCUT2D eigenvalue weighted by Crippen LogP contribution is -2.37. The molecule has 0 spiro atoms. The summed E-state index contributed by atoms with van der Waals surface area (Å²) in [4.78, 5) is 16.7. The van der Waals surface area contributed by atoms with Gasteiger partial charge >= 0.3 is 0 Å². The first-order valence-electron chi connectivity index (χ1n) is 9.89. The first-order chi connectivity index (χ1) is 14.8.